The molecule has 2 N–H and O–H groups in total. The molecule has 5 heteroatoms. The van der Waals surface area contributed by atoms with Gasteiger partial charge in [0.15, 0.2) is 0 Å². The zero-order valence-corrected chi connectivity index (χ0v) is 15.6. The van der Waals surface area contributed by atoms with E-state index in [0.29, 0.717) is 12.2 Å². The first-order valence-electron chi connectivity index (χ1n) is 8.94. The van der Waals surface area contributed by atoms with E-state index in [1.807, 2.05) is 62.6 Å². The van der Waals surface area contributed by atoms with E-state index in [9.17, 15) is 4.79 Å². The van der Waals surface area contributed by atoms with Crippen molar-refractivity contribution in [2.45, 2.75) is 6.42 Å². The quantitative estimate of drug-likeness (QED) is 0.672. The number of rotatable bonds is 7. The fraction of sp³-hybridized carbons (Fsp3) is 0.182. The van der Waals surface area contributed by atoms with Crippen molar-refractivity contribution in [3.05, 3.63) is 84.2 Å². The van der Waals surface area contributed by atoms with Crippen LogP contribution >= 0.6 is 0 Å². The lowest BCUT2D eigenvalue weighted by Crippen LogP contribution is -2.26. The minimum atomic E-state index is -0.159. The van der Waals surface area contributed by atoms with E-state index >= 15 is 0 Å². The number of hydrogen-bond donors (Lipinski definition) is 2. The number of benzene rings is 2. The standard InChI is InChI=1S/C22H24N4O/c1-26(2)20-11-8-18(9-12-20)25-19-10-13-21(24-16-19)22(27)23-15-14-17-6-4-3-5-7-17/h3-13,16,25H,14-15H2,1-2H3,(H,23,27). The Balaban J connectivity index is 1.52. The third-order valence-electron chi connectivity index (χ3n) is 4.21. The normalized spacial score (nSPS) is 10.3. The second-order valence-electron chi connectivity index (χ2n) is 6.49. The van der Waals surface area contributed by atoms with Gasteiger partial charge in [0.05, 0.1) is 11.9 Å². The summed E-state index contributed by atoms with van der Waals surface area (Å²) in [4.78, 5) is 18.5. The zero-order chi connectivity index (χ0) is 19.1. The number of carbonyl (C=O) groups excluding carboxylic acids is 1. The lowest BCUT2D eigenvalue weighted by Gasteiger charge is -2.13. The van der Waals surface area contributed by atoms with Crippen LogP contribution in [0.15, 0.2) is 72.9 Å². The maximum Gasteiger partial charge on any atom is 0.269 e. The van der Waals surface area contributed by atoms with E-state index in [4.69, 9.17) is 0 Å². The average Bonchev–Trinajstić information content (AvgIpc) is 2.70. The predicted molar refractivity (Wildman–Crippen MR) is 111 cm³/mol. The van der Waals surface area contributed by atoms with Gasteiger partial charge in [0, 0.05) is 32.0 Å². The number of anilines is 3. The van der Waals surface area contributed by atoms with Crippen LogP contribution < -0.4 is 15.5 Å². The summed E-state index contributed by atoms with van der Waals surface area (Å²) in [7, 11) is 4.02. The van der Waals surface area contributed by atoms with Gasteiger partial charge in [-0.1, -0.05) is 30.3 Å². The van der Waals surface area contributed by atoms with Crippen LogP contribution in [0.3, 0.4) is 0 Å². The summed E-state index contributed by atoms with van der Waals surface area (Å²) in [6.45, 7) is 0.586. The minimum Gasteiger partial charge on any atom is -0.378 e. The Morgan fingerprint density at radius 1 is 0.926 bits per heavy atom. The van der Waals surface area contributed by atoms with E-state index in [1.54, 1.807) is 12.3 Å². The molecule has 0 aliphatic carbocycles. The highest BCUT2D eigenvalue weighted by atomic mass is 16.1. The Kier molecular flexibility index (Phi) is 6.05. The largest absolute Gasteiger partial charge is 0.378 e. The monoisotopic (exact) mass is 360 g/mol. The Bertz CT molecular complexity index is 859. The number of aromatic nitrogens is 1. The van der Waals surface area contributed by atoms with Crippen LogP contribution in [0.5, 0.6) is 0 Å². The van der Waals surface area contributed by atoms with E-state index in [2.05, 4.69) is 32.7 Å². The summed E-state index contributed by atoms with van der Waals surface area (Å²) in [5, 5.41) is 6.20. The first-order valence-corrected chi connectivity index (χ1v) is 8.94. The van der Waals surface area contributed by atoms with Gasteiger partial charge in [0.1, 0.15) is 5.69 Å². The van der Waals surface area contributed by atoms with Gasteiger partial charge in [0.2, 0.25) is 0 Å². The number of carbonyl (C=O) groups is 1. The fourth-order valence-electron chi connectivity index (χ4n) is 2.67. The van der Waals surface area contributed by atoms with Crippen molar-refractivity contribution in [3.63, 3.8) is 0 Å². The molecule has 0 unspecified atom stereocenters. The molecule has 1 heterocycles. The molecule has 0 fully saturated rings. The summed E-state index contributed by atoms with van der Waals surface area (Å²) >= 11 is 0. The molecule has 0 bridgehead atoms. The second-order valence-corrected chi connectivity index (χ2v) is 6.49. The molecular formula is C22H24N4O. The zero-order valence-electron chi connectivity index (χ0n) is 15.6. The third kappa shape index (κ3) is 5.31. The highest BCUT2D eigenvalue weighted by molar-refractivity contribution is 5.92. The second kappa shape index (κ2) is 8.85. The van der Waals surface area contributed by atoms with Gasteiger partial charge in [-0.05, 0) is 48.4 Å². The lowest BCUT2D eigenvalue weighted by atomic mass is 10.1. The molecule has 0 aliphatic rings. The summed E-state index contributed by atoms with van der Waals surface area (Å²) in [6, 6.07) is 21.8. The molecule has 5 nitrogen and oxygen atoms in total. The highest BCUT2D eigenvalue weighted by Gasteiger charge is 2.07. The molecule has 0 saturated heterocycles. The van der Waals surface area contributed by atoms with Crippen molar-refractivity contribution < 1.29 is 4.79 Å². The van der Waals surface area contributed by atoms with Gasteiger partial charge in [-0.2, -0.15) is 0 Å². The molecule has 3 rings (SSSR count). The third-order valence-corrected chi connectivity index (χ3v) is 4.21. The van der Waals surface area contributed by atoms with Crippen molar-refractivity contribution in [2.24, 2.45) is 0 Å². The van der Waals surface area contributed by atoms with Crippen molar-refractivity contribution in [1.29, 1.82) is 0 Å². The highest BCUT2D eigenvalue weighted by Crippen LogP contribution is 2.19. The first-order chi connectivity index (χ1) is 13.1. The van der Waals surface area contributed by atoms with Crippen LogP contribution in [0, 0.1) is 0 Å². The lowest BCUT2D eigenvalue weighted by molar-refractivity contribution is 0.0949. The topological polar surface area (TPSA) is 57.3 Å². The van der Waals surface area contributed by atoms with Gasteiger partial charge >= 0.3 is 0 Å². The maximum absolute atomic E-state index is 12.2. The Morgan fingerprint density at radius 3 is 2.26 bits per heavy atom. The van der Waals surface area contributed by atoms with Gasteiger partial charge in [0.25, 0.3) is 5.91 Å². The average molecular weight is 360 g/mol. The Labute approximate surface area is 160 Å². The van der Waals surface area contributed by atoms with Crippen LogP contribution in [0.2, 0.25) is 0 Å². The number of nitrogens with one attached hydrogen (secondary N) is 2. The molecule has 2 aromatic carbocycles. The Hall–Kier alpha value is -3.34. The summed E-state index contributed by atoms with van der Waals surface area (Å²) < 4.78 is 0. The van der Waals surface area contributed by atoms with Crippen molar-refractivity contribution >= 4 is 23.0 Å². The van der Waals surface area contributed by atoms with E-state index in [1.165, 1.54) is 5.56 Å². The molecule has 138 valence electrons. The summed E-state index contributed by atoms with van der Waals surface area (Å²) in [6.07, 6.45) is 2.47. The van der Waals surface area contributed by atoms with Gasteiger partial charge in [-0.3, -0.25) is 4.79 Å². The molecule has 0 saturated carbocycles. The molecule has 1 amide bonds. The number of pyridine rings is 1. The van der Waals surface area contributed by atoms with Crippen LogP contribution in [0.1, 0.15) is 16.1 Å². The summed E-state index contributed by atoms with van der Waals surface area (Å²) in [5.41, 5.74) is 4.57. The van der Waals surface area contributed by atoms with Crippen molar-refractivity contribution in [1.82, 2.24) is 10.3 Å². The van der Waals surface area contributed by atoms with E-state index in [-0.39, 0.29) is 5.91 Å². The van der Waals surface area contributed by atoms with Gasteiger partial charge < -0.3 is 15.5 Å². The van der Waals surface area contributed by atoms with Crippen molar-refractivity contribution in [2.75, 3.05) is 30.9 Å². The van der Waals surface area contributed by atoms with Gasteiger partial charge in [-0.15, -0.1) is 0 Å². The molecule has 3 aromatic rings. The minimum absolute atomic E-state index is 0.159. The molecule has 0 radical (unpaired) electrons. The van der Waals surface area contributed by atoms with Crippen LogP contribution in [0.25, 0.3) is 0 Å². The molecule has 1 aromatic heterocycles. The molecule has 0 spiro atoms. The smallest absolute Gasteiger partial charge is 0.269 e. The predicted octanol–water partition coefficient (Wildman–Crippen LogP) is 3.86. The number of nitrogens with zero attached hydrogens (tertiary/aromatic N) is 2. The number of hydrogen-bond acceptors (Lipinski definition) is 4. The number of amides is 1. The molecule has 0 atom stereocenters. The molecule has 0 aliphatic heterocycles. The van der Waals surface area contributed by atoms with Crippen LogP contribution in [-0.4, -0.2) is 31.5 Å². The SMILES string of the molecule is CN(C)c1ccc(Nc2ccc(C(=O)NCCc3ccccc3)nc2)cc1. The van der Waals surface area contributed by atoms with Gasteiger partial charge in [-0.25, -0.2) is 4.98 Å². The van der Waals surface area contributed by atoms with Crippen LogP contribution in [-0.2, 0) is 6.42 Å². The van der Waals surface area contributed by atoms with Crippen LogP contribution in [0.4, 0.5) is 17.1 Å². The van der Waals surface area contributed by atoms with E-state index in [0.717, 1.165) is 23.5 Å². The molecule has 27 heavy (non-hydrogen) atoms. The van der Waals surface area contributed by atoms with E-state index < -0.39 is 0 Å². The van der Waals surface area contributed by atoms with Crippen molar-refractivity contribution in [3.8, 4) is 0 Å². The maximum atomic E-state index is 12.2. The fourth-order valence-corrected chi connectivity index (χ4v) is 2.67. The molecular weight excluding hydrogens is 336 g/mol. The Morgan fingerprint density at radius 2 is 1.63 bits per heavy atom. The summed E-state index contributed by atoms with van der Waals surface area (Å²) in [5.74, 6) is -0.159. The first kappa shape index (κ1) is 18.5.